The standard InChI is InChI=1S/C19H26N2O3/c1-13-6-2-5-9-16(13)17(22)11-20-19(24)14-10-18(23)21(12-14)15-7-3-4-8-15/h2,5-6,9,14-15,17,22H,3-4,7-8,10-12H2,1H3,(H,20,24). The number of nitrogens with zero attached hydrogens (tertiary/aromatic N) is 1. The Labute approximate surface area is 143 Å². The molecule has 1 aliphatic carbocycles. The van der Waals surface area contributed by atoms with Gasteiger partial charge in [-0.1, -0.05) is 37.1 Å². The third kappa shape index (κ3) is 3.61. The Morgan fingerprint density at radius 1 is 1.33 bits per heavy atom. The molecule has 2 unspecified atom stereocenters. The summed E-state index contributed by atoms with van der Waals surface area (Å²) < 4.78 is 0. The molecule has 1 saturated heterocycles. The molecule has 0 spiro atoms. The molecule has 0 radical (unpaired) electrons. The third-order valence-electron chi connectivity index (χ3n) is 5.31. The highest BCUT2D eigenvalue weighted by Crippen LogP contribution is 2.29. The fourth-order valence-electron chi connectivity index (χ4n) is 3.89. The molecule has 3 rings (SSSR count). The second kappa shape index (κ2) is 7.34. The predicted molar refractivity (Wildman–Crippen MR) is 91.2 cm³/mol. The van der Waals surface area contributed by atoms with E-state index in [9.17, 15) is 14.7 Å². The van der Waals surface area contributed by atoms with Crippen LogP contribution in [0, 0.1) is 12.8 Å². The van der Waals surface area contributed by atoms with Crippen LogP contribution in [0.2, 0.25) is 0 Å². The fraction of sp³-hybridized carbons (Fsp3) is 0.579. The van der Waals surface area contributed by atoms with Crippen LogP contribution in [0.15, 0.2) is 24.3 Å². The van der Waals surface area contributed by atoms with Gasteiger partial charge in [0.1, 0.15) is 0 Å². The van der Waals surface area contributed by atoms with Gasteiger partial charge in [0, 0.05) is 25.6 Å². The Morgan fingerprint density at radius 3 is 2.75 bits per heavy atom. The van der Waals surface area contributed by atoms with E-state index in [1.165, 1.54) is 12.8 Å². The summed E-state index contributed by atoms with van der Waals surface area (Å²) in [6, 6.07) is 7.93. The molecule has 1 aromatic rings. The first kappa shape index (κ1) is 17.0. The molecule has 2 amide bonds. The number of likely N-dealkylation sites (tertiary alicyclic amines) is 1. The normalized spacial score (nSPS) is 22.8. The van der Waals surface area contributed by atoms with Gasteiger partial charge in [-0.3, -0.25) is 9.59 Å². The second-order valence-corrected chi connectivity index (χ2v) is 7.00. The van der Waals surface area contributed by atoms with Crippen molar-refractivity contribution in [2.24, 2.45) is 5.92 Å². The number of carbonyl (C=O) groups excluding carboxylic acids is 2. The smallest absolute Gasteiger partial charge is 0.225 e. The van der Waals surface area contributed by atoms with Crippen molar-refractivity contribution in [2.75, 3.05) is 13.1 Å². The number of aliphatic hydroxyl groups is 1. The molecule has 0 bridgehead atoms. The van der Waals surface area contributed by atoms with Crippen LogP contribution < -0.4 is 5.32 Å². The molecule has 2 N–H and O–H groups in total. The van der Waals surface area contributed by atoms with Crippen LogP contribution in [-0.2, 0) is 9.59 Å². The maximum absolute atomic E-state index is 12.4. The Kier molecular flexibility index (Phi) is 5.19. The van der Waals surface area contributed by atoms with Gasteiger partial charge in [-0.2, -0.15) is 0 Å². The van der Waals surface area contributed by atoms with Gasteiger partial charge in [-0.15, -0.1) is 0 Å². The van der Waals surface area contributed by atoms with Crippen LogP contribution in [0.1, 0.15) is 49.3 Å². The number of rotatable bonds is 5. The number of aliphatic hydroxyl groups excluding tert-OH is 1. The molecule has 1 aromatic carbocycles. The van der Waals surface area contributed by atoms with Crippen molar-refractivity contribution >= 4 is 11.8 Å². The highest BCUT2D eigenvalue weighted by molar-refractivity contribution is 5.89. The first-order valence-electron chi connectivity index (χ1n) is 8.87. The molecule has 130 valence electrons. The predicted octanol–water partition coefficient (Wildman–Crippen LogP) is 1.94. The van der Waals surface area contributed by atoms with Gasteiger partial charge < -0.3 is 15.3 Å². The van der Waals surface area contributed by atoms with E-state index in [1.54, 1.807) is 0 Å². The summed E-state index contributed by atoms with van der Waals surface area (Å²) in [6.45, 7) is 2.64. The van der Waals surface area contributed by atoms with Crippen molar-refractivity contribution < 1.29 is 14.7 Å². The zero-order valence-corrected chi connectivity index (χ0v) is 14.2. The lowest BCUT2D eigenvalue weighted by molar-refractivity contribution is -0.130. The van der Waals surface area contributed by atoms with Crippen LogP contribution >= 0.6 is 0 Å². The minimum absolute atomic E-state index is 0.0986. The number of aryl methyl sites for hydroxylation is 1. The van der Waals surface area contributed by atoms with E-state index < -0.39 is 6.10 Å². The molecule has 24 heavy (non-hydrogen) atoms. The van der Waals surface area contributed by atoms with Gasteiger partial charge in [0.2, 0.25) is 11.8 Å². The maximum Gasteiger partial charge on any atom is 0.225 e. The molecule has 2 atom stereocenters. The monoisotopic (exact) mass is 330 g/mol. The van der Waals surface area contributed by atoms with E-state index in [0.717, 1.165) is 24.0 Å². The van der Waals surface area contributed by atoms with Gasteiger partial charge in [0.15, 0.2) is 0 Å². The first-order valence-corrected chi connectivity index (χ1v) is 8.87. The first-order chi connectivity index (χ1) is 11.6. The van der Waals surface area contributed by atoms with E-state index in [1.807, 2.05) is 36.1 Å². The number of hydrogen-bond acceptors (Lipinski definition) is 3. The average Bonchev–Trinajstić information content (AvgIpc) is 3.22. The molecule has 2 aliphatic rings. The van der Waals surface area contributed by atoms with Gasteiger partial charge in [0.25, 0.3) is 0 Å². The Bertz CT molecular complexity index is 610. The summed E-state index contributed by atoms with van der Waals surface area (Å²) >= 11 is 0. The van der Waals surface area contributed by atoms with Crippen LogP contribution in [0.25, 0.3) is 0 Å². The van der Waals surface area contributed by atoms with Crippen molar-refractivity contribution in [3.63, 3.8) is 0 Å². The highest BCUT2D eigenvalue weighted by atomic mass is 16.3. The summed E-state index contributed by atoms with van der Waals surface area (Å²) in [4.78, 5) is 26.4. The number of amides is 2. The molecule has 5 heteroatoms. The molecular weight excluding hydrogens is 304 g/mol. The molecule has 1 aliphatic heterocycles. The molecular formula is C19H26N2O3. The quantitative estimate of drug-likeness (QED) is 0.867. The van der Waals surface area contributed by atoms with Crippen molar-refractivity contribution in [3.05, 3.63) is 35.4 Å². The van der Waals surface area contributed by atoms with Crippen molar-refractivity contribution in [1.29, 1.82) is 0 Å². The Morgan fingerprint density at radius 2 is 2.04 bits per heavy atom. The number of nitrogens with one attached hydrogen (secondary N) is 1. The topological polar surface area (TPSA) is 69.6 Å². The van der Waals surface area contributed by atoms with Crippen molar-refractivity contribution in [3.8, 4) is 0 Å². The number of hydrogen-bond donors (Lipinski definition) is 2. The van der Waals surface area contributed by atoms with E-state index in [0.29, 0.717) is 19.0 Å². The van der Waals surface area contributed by atoms with Crippen molar-refractivity contribution in [1.82, 2.24) is 10.2 Å². The zero-order chi connectivity index (χ0) is 17.1. The SMILES string of the molecule is Cc1ccccc1C(O)CNC(=O)C1CC(=O)N(C2CCCC2)C1. The third-order valence-corrected chi connectivity index (χ3v) is 5.31. The maximum atomic E-state index is 12.4. The summed E-state index contributed by atoms with van der Waals surface area (Å²) in [5.74, 6) is -0.319. The lowest BCUT2D eigenvalue weighted by atomic mass is 10.0. The lowest BCUT2D eigenvalue weighted by Gasteiger charge is -2.24. The summed E-state index contributed by atoms with van der Waals surface area (Å²) in [5, 5.41) is 13.1. The van der Waals surface area contributed by atoms with E-state index >= 15 is 0 Å². The lowest BCUT2D eigenvalue weighted by Crippen LogP contribution is -2.38. The van der Waals surface area contributed by atoms with E-state index in [-0.39, 0.29) is 24.3 Å². The summed E-state index contributed by atoms with van der Waals surface area (Å²) in [6.07, 6.45) is 4.04. The van der Waals surface area contributed by atoms with Crippen LogP contribution in [0.5, 0.6) is 0 Å². The minimum Gasteiger partial charge on any atom is -0.387 e. The number of carbonyl (C=O) groups is 2. The number of benzene rings is 1. The van der Waals surface area contributed by atoms with Gasteiger partial charge >= 0.3 is 0 Å². The van der Waals surface area contributed by atoms with Crippen LogP contribution in [0.4, 0.5) is 0 Å². The average molecular weight is 330 g/mol. The van der Waals surface area contributed by atoms with Gasteiger partial charge in [-0.25, -0.2) is 0 Å². The highest BCUT2D eigenvalue weighted by Gasteiger charge is 2.38. The molecule has 2 fully saturated rings. The fourth-order valence-corrected chi connectivity index (χ4v) is 3.89. The van der Waals surface area contributed by atoms with Crippen molar-refractivity contribution in [2.45, 2.75) is 51.2 Å². The van der Waals surface area contributed by atoms with Crippen LogP contribution in [-0.4, -0.2) is 41.0 Å². The molecule has 1 saturated carbocycles. The molecule has 0 aromatic heterocycles. The summed E-state index contributed by atoms with van der Waals surface area (Å²) in [7, 11) is 0. The second-order valence-electron chi connectivity index (χ2n) is 7.00. The largest absolute Gasteiger partial charge is 0.387 e. The van der Waals surface area contributed by atoms with Gasteiger partial charge in [-0.05, 0) is 30.9 Å². The van der Waals surface area contributed by atoms with E-state index in [2.05, 4.69) is 5.32 Å². The Balaban J connectivity index is 1.52. The summed E-state index contributed by atoms with van der Waals surface area (Å²) in [5.41, 5.74) is 1.83. The molecule has 1 heterocycles. The van der Waals surface area contributed by atoms with Gasteiger partial charge in [0.05, 0.1) is 12.0 Å². The zero-order valence-electron chi connectivity index (χ0n) is 14.2. The Hall–Kier alpha value is -1.88. The van der Waals surface area contributed by atoms with E-state index in [4.69, 9.17) is 0 Å². The molecule has 5 nitrogen and oxygen atoms in total. The minimum atomic E-state index is -0.724. The van der Waals surface area contributed by atoms with Crippen LogP contribution in [0.3, 0.4) is 0 Å².